The molecule has 0 atom stereocenters. The first kappa shape index (κ1) is 37.9. The normalized spacial score (nSPS) is 13.0. The van der Waals surface area contributed by atoms with Gasteiger partial charge in [0.15, 0.2) is 0 Å². The van der Waals surface area contributed by atoms with E-state index in [1.165, 1.54) is 64.0 Å². The van der Waals surface area contributed by atoms with Crippen molar-refractivity contribution in [3.05, 3.63) is 57.6 Å². The minimum atomic E-state index is -5.90. The molecule has 0 aliphatic heterocycles. The van der Waals surface area contributed by atoms with Gasteiger partial charge in [-0.1, -0.05) is 11.8 Å². The summed E-state index contributed by atoms with van der Waals surface area (Å²) >= 11 is 0. The van der Waals surface area contributed by atoms with E-state index in [1.807, 2.05) is 0 Å². The van der Waals surface area contributed by atoms with E-state index in [2.05, 4.69) is 0 Å². The molecule has 2 rings (SSSR count). The highest BCUT2D eigenvalue weighted by atomic mass is 19.4. The van der Waals surface area contributed by atoms with Gasteiger partial charge in [0.05, 0.1) is 33.6 Å². The van der Waals surface area contributed by atoms with Crippen LogP contribution < -0.4 is 10.6 Å². The Balaban J connectivity index is 2.89. The molecule has 0 spiro atoms. The maximum atomic E-state index is 14.0. The van der Waals surface area contributed by atoms with Gasteiger partial charge in [-0.15, -0.1) is 0 Å². The Bertz CT molecular complexity index is 1430. The molecule has 0 aliphatic carbocycles. The van der Waals surface area contributed by atoms with Crippen LogP contribution >= 0.6 is 0 Å². The summed E-state index contributed by atoms with van der Waals surface area (Å²) in [5, 5.41) is 3.06. The maximum Gasteiger partial charge on any atom is 0.419 e. The summed E-state index contributed by atoms with van der Waals surface area (Å²) in [4.78, 5) is 24.1. The number of ether oxygens (including phenoxy) is 2. The number of carbonyl (C=O) groups excluding carboxylic acids is 2. The standard InChI is InChI=1S/C28H24F12N2O4/c1-23(2,3)45-21(43)41-15-11-9-13(17(25(29,30)31)19(15)27(35,36)37)7-8-14-10-12-16(42-22(44)46-24(4,5)6)20(28(38,39)40)18(14)26(32,33)34/h9-12H,1-6H3,(H,41,43)(H,42,44). The molecule has 0 fully saturated rings. The lowest BCUT2D eigenvalue weighted by Crippen LogP contribution is -2.29. The van der Waals surface area contributed by atoms with Crippen molar-refractivity contribution in [2.75, 3.05) is 10.6 Å². The quantitative estimate of drug-likeness (QED) is 0.245. The van der Waals surface area contributed by atoms with Crippen LogP contribution in [-0.2, 0) is 34.2 Å². The van der Waals surface area contributed by atoms with Gasteiger partial charge >= 0.3 is 36.9 Å². The van der Waals surface area contributed by atoms with Gasteiger partial charge in [0, 0.05) is 11.1 Å². The van der Waals surface area contributed by atoms with Crippen LogP contribution in [0.2, 0.25) is 0 Å². The zero-order chi connectivity index (χ0) is 35.8. The molecular weight excluding hydrogens is 656 g/mol. The fourth-order valence-electron chi connectivity index (χ4n) is 3.76. The fraction of sp³-hybridized carbons (Fsp3) is 0.429. The fourth-order valence-corrected chi connectivity index (χ4v) is 3.76. The minimum Gasteiger partial charge on any atom is -0.444 e. The van der Waals surface area contributed by atoms with Gasteiger partial charge < -0.3 is 9.47 Å². The summed E-state index contributed by atoms with van der Waals surface area (Å²) in [6, 6.07) is 1.17. The predicted octanol–water partition coefficient (Wildman–Crippen LogP) is 9.86. The number of alkyl halides is 12. The van der Waals surface area contributed by atoms with Crippen LogP contribution in [0.1, 0.15) is 74.9 Å². The Labute approximate surface area is 253 Å². The Kier molecular flexibility index (Phi) is 10.3. The van der Waals surface area contributed by atoms with Crippen LogP contribution in [0, 0.1) is 11.8 Å². The highest BCUT2D eigenvalue weighted by Crippen LogP contribution is 2.47. The van der Waals surface area contributed by atoms with Crippen molar-refractivity contribution in [3.63, 3.8) is 0 Å². The Morgan fingerprint density at radius 1 is 0.500 bits per heavy atom. The smallest absolute Gasteiger partial charge is 0.419 e. The van der Waals surface area contributed by atoms with Crippen molar-refractivity contribution in [2.24, 2.45) is 0 Å². The summed E-state index contributed by atoms with van der Waals surface area (Å²) in [5.41, 5.74) is -18.8. The Morgan fingerprint density at radius 3 is 0.978 bits per heavy atom. The van der Waals surface area contributed by atoms with Crippen molar-refractivity contribution in [1.29, 1.82) is 0 Å². The number of hydrogen-bond donors (Lipinski definition) is 2. The molecule has 0 saturated heterocycles. The second kappa shape index (κ2) is 12.5. The monoisotopic (exact) mass is 680 g/mol. The summed E-state index contributed by atoms with van der Waals surface area (Å²) in [5.74, 6) is 2.91. The Hall–Kier alpha value is -4.30. The molecule has 2 amide bonds. The molecular formula is C28H24F12N2O4. The number of carbonyl (C=O) groups is 2. The third-order valence-electron chi connectivity index (χ3n) is 5.15. The first-order valence-electron chi connectivity index (χ1n) is 12.6. The first-order valence-corrected chi connectivity index (χ1v) is 12.6. The minimum absolute atomic E-state index is 0.272. The van der Waals surface area contributed by atoms with Crippen LogP contribution in [0.5, 0.6) is 0 Å². The average Bonchev–Trinajstić information content (AvgIpc) is 2.77. The van der Waals surface area contributed by atoms with Gasteiger partial charge in [-0.2, -0.15) is 52.7 Å². The van der Waals surface area contributed by atoms with Crippen LogP contribution in [0.15, 0.2) is 24.3 Å². The van der Waals surface area contributed by atoms with E-state index in [1.54, 1.807) is 0 Å². The van der Waals surface area contributed by atoms with Gasteiger partial charge in [0.1, 0.15) is 11.2 Å². The van der Waals surface area contributed by atoms with Crippen molar-refractivity contribution in [1.82, 2.24) is 0 Å². The highest BCUT2D eigenvalue weighted by Gasteiger charge is 2.48. The molecule has 0 saturated carbocycles. The van der Waals surface area contributed by atoms with Gasteiger partial charge in [-0.3, -0.25) is 10.6 Å². The van der Waals surface area contributed by atoms with Crippen molar-refractivity contribution < 1.29 is 71.7 Å². The van der Waals surface area contributed by atoms with Crippen LogP contribution in [-0.4, -0.2) is 23.4 Å². The van der Waals surface area contributed by atoms with Crippen LogP contribution in [0.4, 0.5) is 73.6 Å². The highest BCUT2D eigenvalue weighted by molar-refractivity contribution is 5.88. The van der Waals surface area contributed by atoms with Gasteiger partial charge in [-0.05, 0) is 65.8 Å². The molecule has 0 bridgehead atoms. The molecule has 2 aromatic carbocycles. The molecule has 46 heavy (non-hydrogen) atoms. The molecule has 0 radical (unpaired) electrons. The van der Waals surface area contributed by atoms with Gasteiger partial charge in [0.2, 0.25) is 0 Å². The number of amides is 2. The van der Waals surface area contributed by atoms with E-state index in [0.29, 0.717) is 12.1 Å². The zero-order valence-electron chi connectivity index (χ0n) is 24.5. The molecule has 18 heteroatoms. The lowest BCUT2D eigenvalue weighted by molar-refractivity contribution is -0.161. The van der Waals surface area contributed by atoms with Crippen LogP contribution in [0.25, 0.3) is 0 Å². The molecule has 2 aromatic rings. The molecule has 2 N–H and O–H groups in total. The number of hydrogen-bond acceptors (Lipinski definition) is 4. The zero-order valence-corrected chi connectivity index (χ0v) is 24.5. The first-order chi connectivity index (χ1) is 20.4. The number of nitrogens with one attached hydrogen (secondary N) is 2. The lowest BCUT2D eigenvalue weighted by Gasteiger charge is -2.23. The number of rotatable bonds is 2. The average molecular weight is 680 g/mol. The molecule has 0 aliphatic rings. The van der Waals surface area contributed by atoms with Gasteiger partial charge in [-0.25, -0.2) is 9.59 Å². The SMILES string of the molecule is CC(C)(C)OC(=O)Nc1ccc(C#Cc2ccc(NC(=O)OC(C)(C)C)c(C(F)(F)F)c2C(F)(F)F)c(C(F)(F)F)c1C(F)(F)F. The largest absolute Gasteiger partial charge is 0.444 e. The molecule has 0 aromatic heterocycles. The molecule has 254 valence electrons. The van der Waals surface area contributed by atoms with Crippen molar-refractivity contribution >= 4 is 23.6 Å². The number of halogens is 12. The maximum absolute atomic E-state index is 14.0. The second-order valence-electron chi connectivity index (χ2n) is 11.3. The summed E-state index contributed by atoms with van der Waals surface area (Å²) in [6.07, 6.45) is -26.7. The van der Waals surface area contributed by atoms with Crippen molar-refractivity contribution in [3.8, 4) is 11.8 Å². The number of anilines is 2. The third kappa shape index (κ3) is 10.1. The van der Waals surface area contributed by atoms with E-state index in [4.69, 9.17) is 9.47 Å². The molecule has 0 heterocycles. The lowest BCUT2D eigenvalue weighted by atomic mass is 9.95. The predicted molar refractivity (Wildman–Crippen MR) is 139 cm³/mol. The van der Waals surface area contributed by atoms with E-state index >= 15 is 0 Å². The van der Waals surface area contributed by atoms with E-state index in [0.717, 1.165) is 0 Å². The summed E-state index contributed by atoms with van der Waals surface area (Å²) < 4.78 is 178. The van der Waals surface area contributed by atoms with E-state index in [-0.39, 0.29) is 12.1 Å². The topological polar surface area (TPSA) is 76.7 Å². The molecule has 6 nitrogen and oxygen atoms in total. The summed E-state index contributed by atoms with van der Waals surface area (Å²) in [7, 11) is 0. The van der Waals surface area contributed by atoms with Gasteiger partial charge in [0.25, 0.3) is 0 Å². The number of benzene rings is 2. The third-order valence-corrected chi connectivity index (χ3v) is 5.15. The van der Waals surface area contributed by atoms with Crippen LogP contribution in [0.3, 0.4) is 0 Å². The summed E-state index contributed by atoms with van der Waals surface area (Å²) in [6.45, 7) is 7.81. The second-order valence-corrected chi connectivity index (χ2v) is 11.3. The van der Waals surface area contributed by atoms with E-state index in [9.17, 15) is 62.3 Å². The molecule has 0 unspecified atom stereocenters. The Morgan fingerprint density at radius 2 is 0.761 bits per heavy atom. The van der Waals surface area contributed by atoms with Crippen molar-refractivity contribution in [2.45, 2.75) is 77.4 Å². The van der Waals surface area contributed by atoms with E-state index < -0.39 is 92.8 Å².